The predicted molar refractivity (Wildman–Crippen MR) is 63.2 cm³/mol. The van der Waals surface area contributed by atoms with Crippen molar-refractivity contribution in [2.45, 2.75) is 13.0 Å². The first kappa shape index (κ1) is 11.1. The molecule has 5 N–H and O–H groups in total. The van der Waals surface area contributed by atoms with Crippen molar-refractivity contribution >= 4 is 28.8 Å². The Morgan fingerprint density at radius 2 is 2.29 bits per heavy atom. The molecule has 0 aromatic carbocycles. The molecule has 0 aliphatic rings. The third kappa shape index (κ3) is 2.10. The molecule has 1 amide bonds. The fraction of sp³-hybridized carbons (Fsp3) is 0.333. The van der Waals surface area contributed by atoms with Gasteiger partial charge in [0.2, 0.25) is 11.9 Å². The molecule has 8 nitrogen and oxygen atoms in total. The number of nitrogens with one attached hydrogen (secondary N) is 3. The van der Waals surface area contributed by atoms with E-state index in [4.69, 9.17) is 5.73 Å². The Balaban J connectivity index is 2.34. The van der Waals surface area contributed by atoms with E-state index >= 15 is 0 Å². The van der Waals surface area contributed by atoms with Crippen LogP contribution in [0, 0.1) is 0 Å². The summed E-state index contributed by atoms with van der Waals surface area (Å²) >= 11 is 0. The molecule has 0 fully saturated rings. The summed E-state index contributed by atoms with van der Waals surface area (Å²) in [6.07, 6.45) is 1.49. The van der Waals surface area contributed by atoms with E-state index in [0.717, 1.165) is 0 Å². The first-order valence-corrected chi connectivity index (χ1v) is 5.06. The van der Waals surface area contributed by atoms with Crippen molar-refractivity contribution in [2.75, 3.05) is 18.1 Å². The molecule has 2 rings (SSSR count). The monoisotopic (exact) mass is 235 g/mol. The molecule has 2 aromatic heterocycles. The van der Waals surface area contributed by atoms with Crippen LogP contribution in [0.5, 0.6) is 0 Å². The van der Waals surface area contributed by atoms with Gasteiger partial charge in [-0.15, -0.1) is 0 Å². The fourth-order valence-corrected chi connectivity index (χ4v) is 1.44. The minimum absolute atomic E-state index is 0.108. The average molecular weight is 235 g/mol. The summed E-state index contributed by atoms with van der Waals surface area (Å²) in [4.78, 5) is 26.3. The van der Waals surface area contributed by atoms with Gasteiger partial charge in [0.15, 0.2) is 11.5 Å². The molecule has 0 saturated heterocycles. The lowest BCUT2D eigenvalue weighted by molar-refractivity contribution is -0.121. The molecule has 0 saturated carbocycles. The van der Waals surface area contributed by atoms with Crippen molar-refractivity contribution in [3.63, 3.8) is 0 Å². The maximum absolute atomic E-state index is 11.4. The zero-order valence-electron chi connectivity index (χ0n) is 9.48. The first-order valence-electron chi connectivity index (χ1n) is 5.06. The number of H-pyrrole nitrogens is 1. The largest absolute Gasteiger partial charge is 0.368 e. The van der Waals surface area contributed by atoms with Crippen molar-refractivity contribution < 1.29 is 4.79 Å². The summed E-state index contributed by atoms with van der Waals surface area (Å²) in [6, 6.07) is -0.430. The first-order chi connectivity index (χ1) is 8.11. The number of carbonyl (C=O) groups excluding carboxylic acids is 1. The van der Waals surface area contributed by atoms with Gasteiger partial charge in [0.05, 0.1) is 6.33 Å². The third-order valence-corrected chi connectivity index (χ3v) is 2.30. The van der Waals surface area contributed by atoms with Crippen LogP contribution in [-0.4, -0.2) is 38.9 Å². The van der Waals surface area contributed by atoms with Gasteiger partial charge in [-0.05, 0) is 6.92 Å². The van der Waals surface area contributed by atoms with Gasteiger partial charge >= 0.3 is 0 Å². The summed E-state index contributed by atoms with van der Waals surface area (Å²) in [5, 5.41) is 5.49. The number of likely N-dealkylation sites (N-methyl/N-ethyl adjacent to an activating group) is 1. The summed E-state index contributed by atoms with van der Waals surface area (Å²) < 4.78 is 0. The molecule has 0 aliphatic heterocycles. The second-order valence-corrected chi connectivity index (χ2v) is 3.51. The van der Waals surface area contributed by atoms with E-state index in [9.17, 15) is 4.79 Å². The van der Waals surface area contributed by atoms with Gasteiger partial charge in [-0.25, -0.2) is 4.98 Å². The second-order valence-electron chi connectivity index (χ2n) is 3.51. The van der Waals surface area contributed by atoms with Gasteiger partial charge in [-0.1, -0.05) is 0 Å². The Morgan fingerprint density at radius 1 is 1.53 bits per heavy atom. The van der Waals surface area contributed by atoms with E-state index in [1.807, 2.05) is 0 Å². The van der Waals surface area contributed by atoms with Gasteiger partial charge in [0.25, 0.3) is 0 Å². The second kappa shape index (κ2) is 4.24. The van der Waals surface area contributed by atoms with E-state index in [1.165, 1.54) is 6.33 Å². The molecule has 2 aromatic rings. The molecule has 1 unspecified atom stereocenters. The molecule has 8 heteroatoms. The predicted octanol–water partition coefficient (Wildman–Crippen LogP) is -0.518. The number of nitrogens with zero attached hydrogens (tertiary/aromatic N) is 3. The molecule has 0 spiro atoms. The SMILES string of the molecule is CNC(=O)C(C)Nc1nc(N)nc2nc[nH]c12. The van der Waals surface area contributed by atoms with Crippen molar-refractivity contribution in [2.24, 2.45) is 0 Å². The lowest BCUT2D eigenvalue weighted by atomic mass is 10.3. The van der Waals surface area contributed by atoms with Crippen molar-refractivity contribution in [1.29, 1.82) is 0 Å². The zero-order valence-corrected chi connectivity index (χ0v) is 9.48. The highest BCUT2D eigenvalue weighted by Crippen LogP contribution is 2.17. The number of nitrogens with two attached hydrogens (primary N) is 1. The summed E-state index contributed by atoms with van der Waals surface area (Å²) in [6.45, 7) is 1.72. The molecule has 17 heavy (non-hydrogen) atoms. The highest BCUT2D eigenvalue weighted by Gasteiger charge is 2.15. The van der Waals surface area contributed by atoms with Crippen LogP contribution in [0.1, 0.15) is 6.92 Å². The van der Waals surface area contributed by atoms with Crippen LogP contribution >= 0.6 is 0 Å². The maximum Gasteiger partial charge on any atom is 0.241 e. The lowest BCUT2D eigenvalue weighted by Crippen LogP contribution is -2.35. The maximum atomic E-state index is 11.4. The third-order valence-electron chi connectivity index (χ3n) is 2.30. The Bertz CT molecular complexity index is 549. The van der Waals surface area contributed by atoms with E-state index in [0.29, 0.717) is 17.0 Å². The van der Waals surface area contributed by atoms with E-state index in [-0.39, 0.29) is 11.9 Å². The quantitative estimate of drug-likeness (QED) is 0.568. The topological polar surface area (TPSA) is 122 Å². The van der Waals surface area contributed by atoms with E-state index in [2.05, 4.69) is 30.6 Å². The molecule has 0 bridgehead atoms. The standard InChI is InChI=1S/C9H13N7O/c1-4(8(17)11-2)14-7-5-6(13-3-12-5)15-9(10)16-7/h3-4H,1-2H3,(H,11,17)(H4,10,12,13,14,15,16). The van der Waals surface area contributed by atoms with Crippen molar-refractivity contribution in [3.05, 3.63) is 6.33 Å². The number of hydrogen-bond acceptors (Lipinski definition) is 6. The number of fused-ring (bicyclic) bond motifs is 1. The fourth-order valence-electron chi connectivity index (χ4n) is 1.44. The van der Waals surface area contributed by atoms with Crippen LogP contribution in [0.4, 0.5) is 11.8 Å². The average Bonchev–Trinajstić information content (AvgIpc) is 2.75. The lowest BCUT2D eigenvalue weighted by Gasteiger charge is -2.13. The van der Waals surface area contributed by atoms with Crippen LogP contribution in [0.25, 0.3) is 11.2 Å². The van der Waals surface area contributed by atoms with Gasteiger partial charge < -0.3 is 21.4 Å². The Hall–Kier alpha value is -2.38. The molecule has 2 heterocycles. The number of imidazole rings is 1. The molecular weight excluding hydrogens is 222 g/mol. The Morgan fingerprint density at radius 3 is 3.00 bits per heavy atom. The van der Waals surface area contributed by atoms with Crippen LogP contribution in [-0.2, 0) is 4.79 Å². The number of nitrogen functional groups attached to an aromatic ring is 1. The minimum atomic E-state index is -0.430. The number of hydrogen-bond donors (Lipinski definition) is 4. The van der Waals surface area contributed by atoms with Crippen molar-refractivity contribution in [3.8, 4) is 0 Å². The Labute approximate surface area is 97.0 Å². The van der Waals surface area contributed by atoms with Gasteiger partial charge in [-0.3, -0.25) is 4.79 Å². The minimum Gasteiger partial charge on any atom is -0.368 e. The van der Waals surface area contributed by atoms with E-state index in [1.54, 1.807) is 14.0 Å². The summed E-state index contributed by atoms with van der Waals surface area (Å²) in [7, 11) is 1.57. The molecule has 90 valence electrons. The summed E-state index contributed by atoms with van der Waals surface area (Å²) in [5.74, 6) is 0.423. The number of rotatable bonds is 3. The smallest absolute Gasteiger partial charge is 0.241 e. The Kier molecular flexibility index (Phi) is 2.77. The van der Waals surface area contributed by atoms with Gasteiger partial charge in [0, 0.05) is 7.05 Å². The zero-order chi connectivity index (χ0) is 12.4. The number of anilines is 2. The highest BCUT2D eigenvalue weighted by molar-refractivity contribution is 5.88. The van der Waals surface area contributed by atoms with Crippen LogP contribution in [0.15, 0.2) is 6.33 Å². The van der Waals surface area contributed by atoms with Crippen LogP contribution in [0.2, 0.25) is 0 Å². The number of carbonyl (C=O) groups is 1. The van der Waals surface area contributed by atoms with Gasteiger partial charge in [0.1, 0.15) is 11.6 Å². The van der Waals surface area contributed by atoms with Crippen LogP contribution < -0.4 is 16.4 Å². The number of amides is 1. The molecule has 1 atom stereocenters. The number of aromatic nitrogens is 4. The highest BCUT2D eigenvalue weighted by atomic mass is 16.2. The van der Waals surface area contributed by atoms with Gasteiger partial charge in [-0.2, -0.15) is 9.97 Å². The molecular formula is C9H13N7O. The van der Waals surface area contributed by atoms with Crippen LogP contribution in [0.3, 0.4) is 0 Å². The molecule has 0 aliphatic carbocycles. The summed E-state index contributed by atoms with van der Waals surface area (Å²) in [5.41, 5.74) is 6.63. The molecule has 0 radical (unpaired) electrons. The van der Waals surface area contributed by atoms with Crippen molar-refractivity contribution in [1.82, 2.24) is 25.3 Å². The normalized spacial score (nSPS) is 12.4. The van der Waals surface area contributed by atoms with E-state index < -0.39 is 6.04 Å². The number of aromatic amines is 1.